The van der Waals surface area contributed by atoms with Gasteiger partial charge in [-0.25, -0.2) is 12.8 Å². The Labute approximate surface area is 120 Å². The van der Waals surface area contributed by atoms with Gasteiger partial charge in [0.05, 0.1) is 15.6 Å². The molecule has 0 aliphatic carbocycles. The maximum absolute atomic E-state index is 13.0. The molecule has 0 radical (unpaired) electrons. The number of nitrogens with one attached hydrogen (secondary N) is 1. The van der Waals surface area contributed by atoms with Crippen molar-refractivity contribution >= 4 is 38.9 Å². The molecule has 0 saturated carbocycles. The highest BCUT2D eigenvalue weighted by atomic mass is 35.5. The van der Waals surface area contributed by atoms with Crippen molar-refractivity contribution in [1.82, 2.24) is 0 Å². The van der Waals surface area contributed by atoms with E-state index in [0.717, 1.165) is 18.2 Å². The molecule has 0 aliphatic heterocycles. The number of rotatable bonds is 3. The van der Waals surface area contributed by atoms with Gasteiger partial charge in [-0.15, -0.1) is 0 Å². The molecule has 1 N–H and O–H groups in total. The minimum Gasteiger partial charge on any atom is -0.280 e. The zero-order valence-corrected chi connectivity index (χ0v) is 11.7. The molecular weight excluding hydrogens is 312 g/mol. The first kappa shape index (κ1) is 14.1. The van der Waals surface area contributed by atoms with Crippen molar-refractivity contribution in [2.75, 3.05) is 4.72 Å². The van der Waals surface area contributed by atoms with Crippen LogP contribution in [0, 0.1) is 5.82 Å². The van der Waals surface area contributed by atoms with Crippen LogP contribution < -0.4 is 4.72 Å². The van der Waals surface area contributed by atoms with Crippen LogP contribution in [0.2, 0.25) is 10.0 Å². The van der Waals surface area contributed by atoms with Crippen molar-refractivity contribution in [1.29, 1.82) is 0 Å². The lowest BCUT2D eigenvalue weighted by molar-refractivity contribution is 0.599. The molecule has 0 atom stereocenters. The van der Waals surface area contributed by atoms with E-state index in [2.05, 4.69) is 4.72 Å². The molecule has 0 fully saturated rings. The van der Waals surface area contributed by atoms with Crippen molar-refractivity contribution < 1.29 is 12.8 Å². The fraction of sp³-hybridized carbons (Fsp3) is 0. The van der Waals surface area contributed by atoms with Crippen LogP contribution in [0.4, 0.5) is 10.1 Å². The Kier molecular flexibility index (Phi) is 3.99. The molecule has 0 saturated heterocycles. The van der Waals surface area contributed by atoms with E-state index in [1.165, 1.54) is 6.07 Å². The van der Waals surface area contributed by atoms with Crippen LogP contribution in [-0.2, 0) is 10.0 Å². The SMILES string of the molecule is O=S(=O)(Nc1cccc(Cl)c1)c1ccc(F)c(Cl)c1. The zero-order chi connectivity index (χ0) is 14.0. The van der Waals surface area contributed by atoms with Gasteiger partial charge in [-0.05, 0) is 36.4 Å². The number of hydrogen-bond donors (Lipinski definition) is 1. The molecule has 19 heavy (non-hydrogen) atoms. The summed E-state index contributed by atoms with van der Waals surface area (Å²) in [6, 6.07) is 9.41. The summed E-state index contributed by atoms with van der Waals surface area (Å²) < 4.78 is 39.4. The van der Waals surface area contributed by atoms with Gasteiger partial charge >= 0.3 is 0 Å². The van der Waals surface area contributed by atoms with Gasteiger partial charge in [0.1, 0.15) is 5.82 Å². The van der Waals surface area contributed by atoms with Crippen molar-refractivity contribution in [2.45, 2.75) is 4.90 Å². The van der Waals surface area contributed by atoms with E-state index < -0.39 is 15.8 Å². The maximum atomic E-state index is 13.0. The van der Waals surface area contributed by atoms with Gasteiger partial charge in [-0.2, -0.15) is 0 Å². The Balaban J connectivity index is 2.35. The van der Waals surface area contributed by atoms with Gasteiger partial charge in [0.2, 0.25) is 0 Å². The van der Waals surface area contributed by atoms with Gasteiger partial charge in [-0.1, -0.05) is 29.3 Å². The number of anilines is 1. The number of hydrogen-bond acceptors (Lipinski definition) is 2. The molecule has 100 valence electrons. The molecular formula is C12H8Cl2FNO2S. The Morgan fingerprint density at radius 3 is 2.42 bits per heavy atom. The summed E-state index contributed by atoms with van der Waals surface area (Å²) in [7, 11) is -3.83. The standard InChI is InChI=1S/C12H8Cl2FNO2S/c13-8-2-1-3-9(6-8)16-19(17,18)10-4-5-12(15)11(14)7-10/h1-7,16H. The first-order valence-corrected chi connectivity index (χ1v) is 7.36. The lowest BCUT2D eigenvalue weighted by Crippen LogP contribution is -2.13. The minimum absolute atomic E-state index is 0.126. The van der Waals surface area contributed by atoms with Gasteiger partial charge in [0.25, 0.3) is 10.0 Å². The molecule has 0 aliphatic rings. The summed E-state index contributed by atoms with van der Waals surface area (Å²) in [6.45, 7) is 0. The maximum Gasteiger partial charge on any atom is 0.261 e. The van der Waals surface area contributed by atoms with Crippen LogP contribution in [0.3, 0.4) is 0 Å². The topological polar surface area (TPSA) is 46.2 Å². The molecule has 2 aromatic rings. The zero-order valence-electron chi connectivity index (χ0n) is 9.40. The minimum atomic E-state index is -3.83. The molecule has 0 spiro atoms. The van der Waals surface area contributed by atoms with Crippen LogP contribution >= 0.6 is 23.2 Å². The Hall–Kier alpha value is -1.30. The molecule has 0 amide bonds. The molecule has 0 heterocycles. The first-order chi connectivity index (χ1) is 8.88. The molecule has 3 nitrogen and oxygen atoms in total. The number of sulfonamides is 1. The quantitative estimate of drug-likeness (QED) is 0.931. The van der Waals surface area contributed by atoms with Gasteiger partial charge < -0.3 is 0 Å². The van der Waals surface area contributed by atoms with E-state index in [4.69, 9.17) is 23.2 Å². The first-order valence-electron chi connectivity index (χ1n) is 5.12. The van der Waals surface area contributed by atoms with Crippen molar-refractivity contribution in [3.05, 3.63) is 58.3 Å². The van der Waals surface area contributed by atoms with Crippen LogP contribution in [0.1, 0.15) is 0 Å². The summed E-state index contributed by atoms with van der Waals surface area (Å²) in [6.07, 6.45) is 0. The summed E-state index contributed by atoms with van der Waals surface area (Å²) in [4.78, 5) is -0.126. The fourth-order valence-corrected chi connectivity index (χ4v) is 2.92. The highest BCUT2D eigenvalue weighted by Crippen LogP contribution is 2.22. The summed E-state index contributed by atoms with van der Waals surface area (Å²) >= 11 is 11.3. The van der Waals surface area contributed by atoms with Crippen molar-refractivity contribution in [3.8, 4) is 0 Å². The summed E-state index contributed by atoms with van der Waals surface area (Å²) in [5.74, 6) is -0.677. The van der Waals surface area contributed by atoms with Crippen LogP contribution in [0.15, 0.2) is 47.4 Å². The third kappa shape index (κ3) is 3.37. The molecule has 2 aromatic carbocycles. The normalized spacial score (nSPS) is 11.3. The van der Waals surface area contributed by atoms with Gasteiger partial charge in [-0.3, -0.25) is 4.72 Å². The van der Waals surface area contributed by atoms with Gasteiger partial charge in [0.15, 0.2) is 0 Å². The van der Waals surface area contributed by atoms with Crippen molar-refractivity contribution in [3.63, 3.8) is 0 Å². The van der Waals surface area contributed by atoms with E-state index in [0.29, 0.717) is 10.7 Å². The highest BCUT2D eigenvalue weighted by Gasteiger charge is 2.16. The Bertz CT molecular complexity index is 719. The van der Waals surface area contributed by atoms with Crippen molar-refractivity contribution in [2.24, 2.45) is 0 Å². The predicted octanol–water partition coefficient (Wildman–Crippen LogP) is 3.93. The number of halogens is 3. The second-order valence-corrected chi connectivity index (χ2v) is 6.22. The highest BCUT2D eigenvalue weighted by molar-refractivity contribution is 7.92. The second kappa shape index (κ2) is 5.36. The third-order valence-corrected chi connectivity index (χ3v) is 4.18. The molecule has 0 bridgehead atoms. The second-order valence-electron chi connectivity index (χ2n) is 3.69. The van der Waals surface area contributed by atoms with Gasteiger partial charge in [0, 0.05) is 5.02 Å². The lowest BCUT2D eigenvalue weighted by atomic mass is 10.3. The fourth-order valence-electron chi connectivity index (χ4n) is 1.41. The van der Waals surface area contributed by atoms with Crippen LogP contribution in [-0.4, -0.2) is 8.42 Å². The smallest absolute Gasteiger partial charge is 0.261 e. The van der Waals surface area contributed by atoms with E-state index >= 15 is 0 Å². The monoisotopic (exact) mass is 319 g/mol. The third-order valence-electron chi connectivity index (χ3n) is 2.28. The summed E-state index contributed by atoms with van der Waals surface area (Å²) in [5, 5.41) is 0.145. The molecule has 2 rings (SSSR count). The average Bonchev–Trinajstić information content (AvgIpc) is 2.32. The molecule has 7 heteroatoms. The largest absolute Gasteiger partial charge is 0.280 e. The number of benzene rings is 2. The van der Waals surface area contributed by atoms with E-state index in [9.17, 15) is 12.8 Å². The Morgan fingerprint density at radius 1 is 1.05 bits per heavy atom. The van der Waals surface area contributed by atoms with Crippen LogP contribution in [0.25, 0.3) is 0 Å². The Morgan fingerprint density at radius 2 is 1.79 bits per heavy atom. The predicted molar refractivity (Wildman–Crippen MR) is 73.7 cm³/mol. The lowest BCUT2D eigenvalue weighted by Gasteiger charge is -2.08. The molecule has 0 aromatic heterocycles. The van der Waals surface area contributed by atoms with E-state index in [1.54, 1.807) is 18.2 Å². The molecule has 0 unspecified atom stereocenters. The van der Waals surface area contributed by atoms with E-state index in [1.807, 2.05) is 0 Å². The van der Waals surface area contributed by atoms with Crippen LogP contribution in [0.5, 0.6) is 0 Å². The van der Waals surface area contributed by atoms with E-state index in [-0.39, 0.29) is 9.92 Å². The summed E-state index contributed by atoms with van der Waals surface area (Å²) in [5.41, 5.74) is 0.313. The average molecular weight is 320 g/mol.